The van der Waals surface area contributed by atoms with Crippen molar-refractivity contribution in [2.45, 2.75) is 31.3 Å². The normalized spacial score (nSPS) is 20.1. The van der Waals surface area contributed by atoms with Crippen molar-refractivity contribution in [3.8, 4) is 0 Å². The number of anilines is 1. The number of rotatable bonds is 6. The van der Waals surface area contributed by atoms with Crippen LogP contribution in [0.1, 0.15) is 24.8 Å². The molecule has 3 rings (SSSR count). The van der Waals surface area contributed by atoms with Gasteiger partial charge in [0.2, 0.25) is 5.91 Å². The monoisotopic (exact) mass is 345 g/mol. The molecule has 1 unspecified atom stereocenters. The Balaban J connectivity index is 1.74. The summed E-state index contributed by atoms with van der Waals surface area (Å²) in [4.78, 5) is 35.9. The third-order valence-electron chi connectivity index (χ3n) is 4.34. The number of nitrogens with zero attached hydrogens (tertiary/aromatic N) is 2. The van der Waals surface area contributed by atoms with Gasteiger partial charge in [0.25, 0.3) is 5.69 Å². The first-order valence-electron chi connectivity index (χ1n) is 8.08. The van der Waals surface area contributed by atoms with Crippen molar-refractivity contribution < 1.29 is 19.2 Å². The summed E-state index contributed by atoms with van der Waals surface area (Å²) in [5.41, 5.74) is 0.796. The van der Waals surface area contributed by atoms with E-state index in [0.29, 0.717) is 30.3 Å². The maximum absolute atomic E-state index is 12.0. The van der Waals surface area contributed by atoms with E-state index < -0.39 is 10.9 Å². The highest BCUT2D eigenvalue weighted by atomic mass is 16.6. The molecule has 8 nitrogen and oxygen atoms in total. The number of nitro benzene ring substituents is 1. The van der Waals surface area contributed by atoms with Crippen LogP contribution in [0.5, 0.6) is 0 Å². The molecule has 2 aliphatic rings. The number of amides is 1. The van der Waals surface area contributed by atoms with E-state index in [1.54, 1.807) is 12.1 Å². The van der Waals surface area contributed by atoms with Gasteiger partial charge < -0.3 is 15.0 Å². The smallest absolute Gasteiger partial charge is 0.330 e. The molecule has 0 bridgehead atoms. The number of nitrogens with one attached hydrogen (secondary N) is 1. The summed E-state index contributed by atoms with van der Waals surface area (Å²) < 4.78 is 4.50. The molecular formula is C17H19N3O5. The standard InChI is InChI=1S/C17H19N3O5/c1-25-17(22)7-3-11-2-6-14(15(8-11)20(23)24)18-12-9-16(21)19(10-12)13-4-5-13/h2-3,6-8,12-13,18H,4-5,9-10H2,1H3/b7-3+. The molecule has 1 saturated carbocycles. The van der Waals surface area contributed by atoms with Gasteiger partial charge in [0, 0.05) is 31.1 Å². The lowest BCUT2D eigenvalue weighted by molar-refractivity contribution is -0.384. The summed E-state index contributed by atoms with van der Waals surface area (Å²) >= 11 is 0. The largest absolute Gasteiger partial charge is 0.466 e. The van der Waals surface area contributed by atoms with Crippen molar-refractivity contribution in [2.24, 2.45) is 0 Å². The lowest BCUT2D eigenvalue weighted by Crippen LogP contribution is -2.29. The molecule has 1 atom stereocenters. The summed E-state index contributed by atoms with van der Waals surface area (Å²) in [6, 6.07) is 4.86. The van der Waals surface area contributed by atoms with Gasteiger partial charge in [0.15, 0.2) is 0 Å². The first-order valence-corrected chi connectivity index (χ1v) is 8.08. The predicted molar refractivity (Wildman–Crippen MR) is 90.9 cm³/mol. The molecule has 1 aromatic rings. The number of ether oxygens (including phenoxy) is 1. The second kappa shape index (κ2) is 6.92. The van der Waals surface area contributed by atoms with Crippen molar-refractivity contribution >= 4 is 29.3 Å². The lowest BCUT2D eigenvalue weighted by atomic mass is 10.1. The number of carbonyl (C=O) groups is 2. The van der Waals surface area contributed by atoms with Crippen LogP contribution in [0.15, 0.2) is 24.3 Å². The second-order valence-corrected chi connectivity index (χ2v) is 6.21. The van der Waals surface area contributed by atoms with E-state index in [4.69, 9.17) is 0 Å². The van der Waals surface area contributed by atoms with Gasteiger partial charge in [-0.3, -0.25) is 14.9 Å². The van der Waals surface area contributed by atoms with Gasteiger partial charge in [-0.15, -0.1) is 0 Å². The van der Waals surface area contributed by atoms with Gasteiger partial charge in [-0.1, -0.05) is 6.07 Å². The van der Waals surface area contributed by atoms with Crippen molar-refractivity contribution in [3.05, 3.63) is 40.0 Å². The summed E-state index contributed by atoms with van der Waals surface area (Å²) in [5.74, 6) is -0.435. The highest BCUT2D eigenvalue weighted by Crippen LogP contribution is 2.33. The molecule has 0 radical (unpaired) electrons. The van der Waals surface area contributed by atoms with E-state index in [2.05, 4.69) is 10.1 Å². The quantitative estimate of drug-likeness (QED) is 0.366. The number of nitro groups is 1. The maximum Gasteiger partial charge on any atom is 0.330 e. The fourth-order valence-electron chi connectivity index (χ4n) is 2.95. The van der Waals surface area contributed by atoms with Crippen molar-refractivity contribution in [2.75, 3.05) is 19.0 Å². The third-order valence-corrected chi connectivity index (χ3v) is 4.34. The van der Waals surface area contributed by atoms with E-state index in [9.17, 15) is 19.7 Å². The minimum absolute atomic E-state index is 0.0932. The maximum atomic E-state index is 12.0. The van der Waals surface area contributed by atoms with Crippen LogP contribution < -0.4 is 5.32 Å². The number of hydrogen-bond acceptors (Lipinski definition) is 6. The molecule has 2 fully saturated rings. The SMILES string of the molecule is COC(=O)/C=C/c1ccc(NC2CC(=O)N(C3CC3)C2)c([N+](=O)[O-])c1. The molecule has 0 spiro atoms. The van der Waals surface area contributed by atoms with Crippen LogP contribution >= 0.6 is 0 Å². The Labute approximate surface area is 144 Å². The summed E-state index contributed by atoms with van der Waals surface area (Å²) in [7, 11) is 1.26. The number of benzene rings is 1. The van der Waals surface area contributed by atoms with Gasteiger partial charge in [0.05, 0.1) is 18.1 Å². The van der Waals surface area contributed by atoms with E-state index in [-0.39, 0.29) is 17.6 Å². The molecule has 1 heterocycles. The first-order chi connectivity index (χ1) is 12.0. The Bertz CT molecular complexity index is 742. The Morgan fingerprint density at radius 1 is 1.44 bits per heavy atom. The van der Waals surface area contributed by atoms with Gasteiger partial charge in [-0.05, 0) is 30.5 Å². The molecule has 1 aliphatic carbocycles. The molecule has 8 heteroatoms. The van der Waals surface area contributed by atoms with E-state index in [1.165, 1.54) is 25.3 Å². The zero-order valence-electron chi connectivity index (χ0n) is 13.8. The Kier molecular flexibility index (Phi) is 4.69. The van der Waals surface area contributed by atoms with Crippen LogP contribution in [0, 0.1) is 10.1 Å². The lowest BCUT2D eigenvalue weighted by Gasteiger charge is -2.17. The molecule has 132 valence electrons. The molecule has 25 heavy (non-hydrogen) atoms. The average Bonchev–Trinajstić information content (AvgIpc) is 3.37. The number of hydrogen-bond donors (Lipinski definition) is 1. The molecule has 1 aliphatic heterocycles. The topological polar surface area (TPSA) is 102 Å². The highest BCUT2D eigenvalue weighted by Gasteiger charge is 2.39. The second-order valence-electron chi connectivity index (χ2n) is 6.21. The fourth-order valence-corrected chi connectivity index (χ4v) is 2.95. The van der Waals surface area contributed by atoms with Crippen LogP contribution in [-0.2, 0) is 14.3 Å². The van der Waals surface area contributed by atoms with Gasteiger partial charge in [0.1, 0.15) is 5.69 Å². The van der Waals surface area contributed by atoms with Crippen LogP contribution in [-0.4, -0.2) is 47.4 Å². The third kappa shape index (κ3) is 3.96. The Hall–Kier alpha value is -2.90. The van der Waals surface area contributed by atoms with Crippen molar-refractivity contribution in [1.82, 2.24) is 4.90 Å². The molecular weight excluding hydrogens is 326 g/mol. The van der Waals surface area contributed by atoms with Gasteiger partial charge >= 0.3 is 5.97 Å². The van der Waals surface area contributed by atoms with Crippen LogP contribution in [0.3, 0.4) is 0 Å². The highest BCUT2D eigenvalue weighted by molar-refractivity contribution is 5.87. The van der Waals surface area contributed by atoms with Gasteiger partial charge in [-0.25, -0.2) is 4.79 Å². The molecule has 0 aromatic heterocycles. The minimum atomic E-state index is -0.533. The number of carbonyl (C=O) groups excluding carboxylic acids is 2. The number of esters is 1. The van der Waals surface area contributed by atoms with Crippen molar-refractivity contribution in [1.29, 1.82) is 0 Å². The Morgan fingerprint density at radius 2 is 2.20 bits per heavy atom. The zero-order chi connectivity index (χ0) is 18.0. The first kappa shape index (κ1) is 16.9. The zero-order valence-corrected chi connectivity index (χ0v) is 13.8. The average molecular weight is 345 g/mol. The molecule has 1 saturated heterocycles. The van der Waals surface area contributed by atoms with E-state index in [0.717, 1.165) is 12.8 Å². The predicted octanol–water partition coefficient (Wildman–Crippen LogP) is 1.96. The minimum Gasteiger partial charge on any atom is -0.466 e. The summed E-state index contributed by atoms with van der Waals surface area (Å²) in [5, 5.41) is 14.5. The van der Waals surface area contributed by atoms with Crippen LogP contribution in [0.2, 0.25) is 0 Å². The molecule has 1 amide bonds. The van der Waals surface area contributed by atoms with E-state index in [1.807, 2.05) is 4.90 Å². The van der Waals surface area contributed by atoms with Crippen LogP contribution in [0.4, 0.5) is 11.4 Å². The van der Waals surface area contributed by atoms with Crippen LogP contribution in [0.25, 0.3) is 6.08 Å². The molecule has 1 N–H and O–H groups in total. The van der Waals surface area contributed by atoms with Crippen molar-refractivity contribution in [3.63, 3.8) is 0 Å². The van der Waals surface area contributed by atoms with E-state index >= 15 is 0 Å². The number of methoxy groups -OCH3 is 1. The Morgan fingerprint density at radius 3 is 2.84 bits per heavy atom. The molecule has 1 aromatic carbocycles. The fraction of sp³-hybridized carbons (Fsp3) is 0.412. The summed E-state index contributed by atoms with van der Waals surface area (Å²) in [6.07, 6.45) is 5.09. The van der Waals surface area contributed by atoms with Gasteiger partial charge in [-0.2, -0.15) is 0 Å². The number of likely N-dealkylation sites (tertiary alicyclic amines) is 1. The summed E-state index contributed by atoms with van der Waals surface area (Å²) in [6.45, 7) is 0.574.